The Bertz CT molecular complexity index is 1830. The van der Waals surface area contributed by atoms with Gasteiger partial charge < -0.3 is 29.4 Å². The van der Waals surface area contributed by atoms with Crippen LogP contribution in [0.1, 0.15) is 56.0 Å². The van der Waals surface area contributed by atoms with E-state index < -0.39 is 29.2 Å². The number of carbonyl (C=O) groups excluding carboxylic acids is 1. The van der Waals surface area contributed by atoms with Crippen LogP contribution in [0.2, 0.25) is 10.0 Å². The lowest BCUT2D eigenvalue weighted by molar-refractivity contribution is 0.0691. The van der Waals surface area contributed by atoms with Crippen molar-refractivity contribution in [1.82, 2.24) is 14.5 Å². The number of halogens is 3. The Hall–Kier alpha value is -4.12. The molecule has 1 atom stereocenters. The fourth-order valence-electron chi connectivity index (χ4n) is 6.06. The SMILES string of the molecule is COc1c(C(=O)O)cc(Cl)c(OC2CCc3c(-c4cccc(NC(=O)c5nc6c(n5C)CCN(C)C6)c4Cl)cccc32)c1F. The molecular weight excluding hydrogens is 610 g/mol. The molecule has 0 saturated carbocycles. The number of likely N-dealkylation sites (N-methyl/N-ethyl adjacent to an activating group) is 1. The molecule has 0 spiro atoms. The van der Waals surface area contributed by atoms with Crippen molar-refractivity contribution < 1.29 is 28.6 Å². The zero-order valence-corrected chi connectivity index (χ0v) is 25.7. The lowest BCUT2D eigenvalue weighted by Crippen LogP contribution is -2.27. The number of carboxylic acid groups (broad SMARTS) is 1. The number of anilines is 1. The quantitative estimate of drug-likeness (QED) is 0.236. The molecule has 6 rings (SSSR count). The number of methoxy groups -OCH3 is 1. The Balaban J connectivity index is 1.29. The van der Waals surface area contributed by atoms with Crippen molar-refractivity contribution in [2.24, 2.45) is 7.05 Å². The number of aromatic nitrogens is 2. The van der Waals surface area contributed by atoms with Gasteiger partial charge in [-0.1, -0.05) is 53.5 Å². The molecule has 2 aliphatic rings. The summed E-state index contributed by atoms with van der Waals surface area (Å²) in [4.78, 5) is 31.7. The maximum absolute atomic E-state index is 15.3. The van der Waals surface area contributed by atoms with Crippen LogP contribution < -0.4 is 14.8 Å². The highest BCUT2D eigenvalue weighted by molar-refractivity contribution is 6.36. The van der Waals surface area contributed by atoms with E-state index in [2.05, 4.69) is 15.2 Å². The van der Waals surface area contributed by atoms with Crippen molar-refractivity contribution in [2.45, 2.75) is 31.9 Å². The number of nitrogens with zero attached hydrogens (tertiary/aromatic N) is 3. The van der Waals surface area contributed by atoms with E-state index in [1.54, 1.807) is 6.07 Å². The van der Waals surface area contributed by atoms with Gasteiger partial charge in [-0.25, -0.2) is 9.78 Å². The van der Waals surface area contributed by atoms with Crippen LogP contribution in [0.3, 0.4) is 0 Å². The Kier molecular flexibility index (Phi) is 8.00. The van der Waals surface area contributed by atoms with Crippen LogP contribution in [0.5, 0.6) is 11.5 Å². The monoisotopic (exact) mass is 638 g/mol. The fourth-order valence-corrected chi connectivity index (χ4v) is 6.57. The van der Waals surface area contributed by atoms with Crippen molar-refractivity contribution >= 4 is 40.8 Å². The molecule has 228 valence electrons. The highest BCUT2D eigenvalue weighted by Gasteiger charge is 2.31. The minimum absolute atomic E-state index is 0.169. The van der Waals surface area contributed by atoms with E-state index in [1.165, 1.54) is 7.11 Å². The van der Waals surface area contributed by atoms with E-state index in [9.17, 15) is 14.7 Å². The third-order valence-corrected chi connectivity index (χ3v) is 8.92. The number of imidazole rings is 1. The van der Waals surface area contributed by atoms with Gasteiger partial charge in [0, 0.05) is 37.8 Å². The largest absolute Gasteiger partial charge is 0.493 e. The minimum Gasteiger partial charge on any atom is -0.493 e. The first-order chi connectivity index (χ1) is 21.1. The van der Waals surface area contributed by atoms with Crippen LogP contribution in [0.25, 0.3) is 11.1 Å². The number of hydrogen-bond acceptors (Lipinski definition) is 6. The first kappa shape index (κ1) is 29.9. The number of ether oxygens (including phenoxy) is 2. The van der Waals surface area contributed by atoms with E-state index in [4.69, 9.17) is 32.7 Å². The standard InChI is InChI=1S/C32H29Cl2FN4O5/c1-38-13-12-24-23(15-38)36-30(39(24)2)31(40)37-22-9-5-8-19(26(22)34)16-6-4-7-18-17(16)10-11-25(18)44-29-21(33)14-20(32(41)42)28(43-3)27(29)35/h4-9,14,25H,10-13,15H2,1-3H3,(H,37,40)(H,41,42). The highest BCUT2D eigenvalue weighted by atomic mass is 35.5. The first-order valence-corrected chi connectivity index (χ1v) is 14.8. The van der Waals surface area contributed by atoms with Crippen LogP contribution in [0.15, 0.2) is 42.5 Å². The van der Waals surface area contributed by atoms with Gasteiger partial charge in [0.15, 0.2) is 17.3 Å². The Morgan fingerprint density at radius 1 is 1.09 bits per heavy atom. The predicted molar refractivity (Wildman–Crippen MR) is 165 cm³/mol. The number of hydrogen-bond donors (Lipinski definition) is 2. The summed E-state index contributed by atoms with van der Waals surface area (Å²) in [6.45, 7) is 1.60. The molecule has 4 aromatic rings. The van der Waals surface area contributed by atoms with Gasteiger partial charge in [0.1, 0.15) is 11.7 Å². The molecule has 1 aliphatic heterocycles. The molecule has 3 aromatic carbocycles. The summed E-state index contributed by atoms with van der Waals surface area (Å²) in [5, 5.41) is 12.6. The lowest BCUT2D eigenvalue weighted by atomic mass is 9.96. The van der Waals surface area contributed by atoms with E-state index in [0.717, 1.165) is 52.7 Å². The second kappa shape index (κ2) is 11.8. The van der Waals surface area contributed by atoms with Crippen LogP contribution in [-0.2, 0) is 26.4 Å². The van der Waals surface area contributed by atoms with Gasteiger partial charge in [0.2, 0.25) is 5.82 Å². The van der Waals surface area contributed by atoms with Crippen molar-refractivity contribution in [1.29, 1.82) is 0 Å². The van der Waals surface area contributed by atoms with Gasteiger partial charge in [-0.05, 0) is 48.7 Å². The summed E-state index contributed by atoms with van der Waals surface area (Å²) in [5.74, 6) is -3.10. The minimum atomic E-state index is -1.37. The molecule has 1 amide bonds. The molecule has 2 heterocycles. The van der Waals surface area contributed by atoms with Crippen molar-refractivity contribution in [2.75, 3.05) is 26.0 Å². The zero-order valence-electron chi connectivity index (χ0n) is 24.2. The van der Waals surface area contributed by atoms with Crippen molar-refractivity contribution in [3.8, 4) is 22.6 Å². The Morgan fingerprint density at radius 3 is 2.59 bits per heavy atom. The number of nitrogens with one attached hydrogen (secondary N) is 1. The molecule has 1 aliphatic carbocycles. The molecule has 44 heavy (non-hydrogen) atoms. The van der Waals surface area contributed by atoms with Crippen LogP contribution in [0, 0.1) is 5.82 Å². The molecule has 0 bridgehead atoms. The van der Waals surface area contributed by atoms with Crippen LogP contribution in [-0.4, -0.2) is 52.1 Å². The number of carboxylic acids is 1. The lowest BCUT2D eigenvalue weighted by Gasteiger charge is -2.21. The molecule has 2 N–H and O–H groups in total. The van der Waals surface area contributed by atoms with Gasteiger partial charge >= 0.3 is 5.97 Å². The number of amides is 1. The molecule has 0 radical (unpaired) electrons. The maximum Gasteiger partial charge on any atom is 0.339 e. The highest BCUT2D eigenvalue weighted by Crippen LogP contribution is 2.46. The molecule has 1 aromatic heterocycles. The van der Waals surface area contributed by atoms with Crippen molar-refractivity contribution in [3.05, 3.63) is 92.2 Å². The Labute approximate surface area is 263 Å². The first-order valence-electron chi connectivity index (χ1n) is 14.0. The van der Waals surface area contributed by atoms with Crippen LogP contribution in [0.4, 0.5) is 10.1 Å². The number of benzene rings is 3. The van der Waals surface area contributed by atoms with Gasteiger partial charge in [-0.3, -0.25) is 4.79 Å². The van der Waals surface area contributed by atoms with Crippen LogP contribution >= 0.6 is 23.2 Å². The van der Waals surface area contributed by atoms with E-state index in [-0.39, 0.29) is 16.7 Å². The zero-order chi connectivity index (χ0) is 31.3. The number of carbonyl (C=O) groups is 2. The average molecular weight is 640 g/mol. The molecule has 12 heteroatoms. The van der Waals surface area contributed by atoms with E-state index in [1.807, 2.05) is 49.0 Å². The summed E-state index contributed by atoms with van der Waals surface area (Å²) in [6, 6.07) is 12.3. The summed E-state index contributed by atoms with van der Waals surface area (Å²) >= 11 is 13.2. The number of aromatic carboxylic acids is 1. The second-order valence-electron chi connectivity index (χ2n) is 10.9. The molecule has 9 nitrogen and oxygen atoms in total. The predicted octanol–water partition coefficient (Wildman–Crippen LogP) is 6.55. The van der Waals surface area contributed by atoms with E-state index >= 15 is 4.39 Å². The average Bonchev–Trinajstić information content (AvgIpc) is 3.56. The van der Waals surface area contributed by atoms with E-state index in [0.29, 0.717) is 35.9 Å². The molecule has 1 unspecified atom stereocenters. The fraction of sp³-hybridized carbons (Fsp3) is 0.281. The van der Waals surface area contributed by atoms with Gasteiger partial charge in [0.05, 0.1) is 28.5 Å². The Morgan fingerprint density at radius 2 is 1.84 bits per heavy atom. The topological polar surface area (TPSA) is 106 Å². The normalized spacial score (nSPS) is 15.9. The number of fused-ring (bicyclic) bond motifs is 2. The molecule has 0 fully saturated rings. The third-order valence-electron chi connectivity index (χ3n) is 8.23. The summed E-state index contributed by atoms with van der Waals surface area (Å²) in [5.41, 5.74) is 5.39. The maximum atomic E-state index is 15.3. The third kappa shape index (κ3) is 5.16. The summed E-state index contributed by atoms with van der Waals surface area (Å²) in [6.07, 6.45) is 1.41. The molecular formula is C32H29Cl2FN4O5. The van der Waals surface area contributed by atoms with Gasteiger partial charge in [-0.15, -0.1) is 0 Å². The smallest absolute Gasteiger partial charge is 0.339 e. The summed E-state index contributed by atoms with van der Waals surface area (Å²) < 4.78 is 28.2. The number of rotatable bonds is 7. The second-order valence-corrected chi connectivity index (χ2v) is 11.7. The van der Waals surface area contributed by atoms with Gasteiger partial charge in [-0.2, -0.15) is 4.39 Å². The van der Waals surface area contributed by atoms with Crippen molar-refractivity contribution in [3.63, 3.8) is 0 Å². The van der Waals surface area contributed by atoms with Gasteiger partial charge in [0.25, 0.3) is 5.91 Å². The summed E-state index contributed by atoms with van der Waals surface area (Å²) in [7, 11) is 5.06. The molecule has 0 saturated heterocycles.